The van der Waals surface area contributed by atoms with Crippen molar-refractivity contribution in [2.75, 3.05) is 65.2 Å². The third-order valence-electron chi connectivity index (χ3n) is 6.18. The number of benzene rings is 2. The zero-order valence-corrected chi connectivity index (χ0v) is 19.0. The van der Waals surface area contributed by atoms with Crippen LogP contribution in [0.3, 0.4) is 0 Å². The molecule has 1 fully saturated rings. The lowest BCUT2D eigenvalue weighted by Crippen LogP contribution is -2.41. The van der Waals surface area contributed by atoms with E-state index in [1.807, 2.05) is 0 Å². The topological polar surface area (TPSA) is 25.3 Å². The van der Waals surface area contributed by atoms with Crippen molar-refractivity contribution in [3.63, 3.8) is 0 Å². The van der Waals surface area contributed by atoms with E-state index in [1.54, 1.807) is 0 Å². The van der Waals surface area contributed by atoms with Gasteiger partial charge in [-0.25, -0.2) is 0 Å². The molecule has 5 heteroatoms. The van der Waals surface area contributed by atoms with Crippen molar-refractivity contribution in [3.8, 4) is 0 Å². The number of hydrogen-bond acceptors (Lipinski definition) is 5. The molecule has 1 saturated heterocycles. The SMILES string of the molecule is CN1C/C(=C\c2ccc(N(C)C)cc2)C2=NN(C)[C@H](c3ccc(N(C)C)cc3)[C@@H]2C1. The maximum atomic E-state index is 5.02. The standard InChI is InChI=1S/C25H33N5/c1-27(2)21-11-7-18(8-12-21)15-20-16-29(5)17-23-24(20)26-30(6)25(23)19-9-13-22(14-10-19)28(3)4/h7-15,23,25H,16-17H2,1-6H3/b20-15+/t23-,25-/m1/s1. The summed E-state index contributed by atoms with van der Waals surface area (Å²) >= 11 is 0. The van der Waals surface area contributed by atoms with Crippen molar-refractivity contribution < 1.29 is 0 Å². The molecule has 0 aliphatic carbocycles. The summed E-state index contributed by atoms with van der Waals surface area (Å²) in [4.78, 5) is 6.69. The second-order valence-electron chi connectivity index (χ2n) is 8.95. The zero-order valence-electron chi connectivity index (χ0n) is 19.0. The van der Waals surface area contributed by atoms with Crippen LogP contribution in [-0.4, -0.2) is 71.0 Å². The molecule has 0 saturated carbocycles. The fourth-order valence-electron chi connectivity index (χ4n) is 4.58. The van der Waals surface area contributed by atoms with Crippen LogP contribution in [0.5, 0.6) is 0 Å². The molecule has 0 bridgehead atoms. The monoisotopic (exact) mass is 403 g/mol. The summed E-state index contributed by atoms with van der Waals surface area (Å²) in [7, 11) is 12.6. The minimum Gasteiger partial charge on any atom is -0.378 e. The highest BCUT2D eigenvalue weighted by Crippen LogP contribution is 2.40. The first-order valence-corrected chi connectivity index (χ1v) is 10.6. The summed E-state index contributed by atoms with van der Waals surface area (Å²) in [6.07, 6.45) is 2.31. The first-order valence-electron chi connectivity index (χ1n) is 10.6. The number of rotatable bonds is 4. The molecule has 4 rings (SSSR count). The van der Waals surface area contributed by atoms with Gasteiger partial charge in [0.2, 0.25) is 0 Å². The smallest absolute Gasteiger partial charge is 0.0813 e. The Labute approximate surface area is 180 Å². The van der Waals surface area contributed by atoms with Crippen LogP contribution in [0.25, 0.3) is 6.08 Å². The summed E-state index contributed by atoms with van der Waals surface area (Å²) in [5, 5.41) is 7.18. The summed E-state index contributed by atoms with van der Waals surface area (Å²) in [5.74, 6) is 0.381. The largest absolute Gasteiger partial charge is 0.378 e. The highest BCUT2D eigenvalue weighted by Gasteiger charge is 2.41. The van der Waals surface area contributed by atoms with Gasteiger partial charge in [0.05, 0.1) is 11.8 Å². The Balaban J connectivity index is 1.63. The first-order chi connectivity index (χ1) is 14.3. The molecule has 0 unspecified atom stereocenters. The molecular formula is C25H33N5. The minimum atomic E-state index is 0.276. The predicted molar refractivity (Wildman–Crippen MR) is 128 cm³/mol. The Morgan fingerprint density at radius 3 is 2.00 bits per heavy atom. The lowest BCUT2D eigenvalue weighted by Gasteiger charge is -2.34. The number of piperidine rings is 1. The molecular weight excluding hydrogens is 370 g/mol. The molecule has 2 aliphatic heterocycles. The van der Waals surface area contributed by atoms with Crippen LogP contribution in [0.2, 0.25) is 0 Å². The molecule has 0 spiro atoms. The van der Waals surface area contributed by atoms with Crippen LogP contribution < -0.4 is 9.80 Å². The molecule has 2 atom stereocenters. The van der Waals surface area contributed by atoms with Gasteiger partial charge in [0.15, 0.2) is 0 Å². The minimum absolute atomic E-state index is 0.276. The summed E-state index contributed by atoms with van der Waals surface area (Å²) in [5.41, 5.74) is 7.57. The van der Waals surface area contributed by atoms with Crippen LogP contribution >= 0.6 is 0 Å². The van der Waals surface area contributed by atoms with E-state index < -0.39 is 0 Å². The highest BCUT2D eigenvalue weighted by atomic mass is 15.5. The zero-order chi connectivity index (χ0) is 21.4. The van der Waals surface area contributed by atoms with Gasteiger partial charge in [-0.2, -0.15) is 5.10 Å². The van der Waals surface area contributed by atoms with E-state index in [9.17, 15) is 0 Å². The third kappa shape index (κ3) is 3.94. The average molecular weight is 404 g/mol. The lowest BCUT2D eigenvalue weighted by molar-refractivity contribution is 0.211. The Morgan fingerprint density at radius 1 is 0.867 bits per heavy atom. The number of hydrazone groups is 1. The molecule has 30 heavy (non-hydrogen) atoms. The third-order valence-corrected chi connectivity index (χ3v) is 6.18. The predicted octanol–water partition coefficient (Wildman–Crippen LogP) is 3.81. The van der Waals surface area contributed by atoms with E-state index in [0.29, 0.717) is 5.92 Å². The molecule has 2 heterocycles. The first kappa shape index (κ1) is 20.5. The number of nitrogens with zero attached hydrogens (tertiary/aromatic N) is 5. The number of hydrogen-bond donors (Lipinski definition) is 0. The van der Waals surface area contributed by atoms with Gasteiger partial charge in [-0.3, -0.25) is 5.01 Å². The van der Waals surface area contributed by atoms with Crippen LogP contribution in [0.15, 0.2) is 59.2 Å². The Bertz CT molecular complexity index is 941. The van der Waals surface area contributed by atoms with E-state index in [0.717, 1.165) is 13.1 Å². The van der Waals surface area contributed by atoms with Crippen LogP contribution in [0.1, 0.15) is 17.2 Å². The molecule has 5 nitrogen and oxygen atoms in total. The van der Waals surface area contributed by atoms with Gasteiger partial charge in [-0.05, 0) is 54.1 Å². The van der Waals surface area contributed by atoms with Crippen molar-refractivity contribution >= 4 is 23.2 Å². The van der Waals surface area contributed by atoms with Gasteiger partial charge in [0.1, 0.15) is 0 Å². The van der Waals surface area contributed by atoms with Gasteiger partial charge in [0.25, 0.3) is 0 Å². The van der Waals surface area contributed by atoms with E-state index in [-0.39, 0.29) is 6.04 Å². The van der Waals surface area contributed by atoms with E-state index in [2.05, 4.69) is 117 Å². The van der Waals surface area contributed by atoms with Crippen molar-refractivity contribution in [3.05, 3.63) is 65.2 Å². The Morgan fingerprint density at radius 2 is 1.43 bits per heavy atom. The molecule has 2 aromatic rings. The normalized spacial score (nSPS) is 22.8. The molecule has 0 aromatic heterocycles. The fourth-order valence-corrected chi connectivity index (χ4v) is 4.58. The van der Waals surface area contributed by atoms with Crippen molar-refractivity contribution in [1.29, 1.82) is 0 Å². The van der Waals surface area contributed by atoms with Crippen molar-refractivity contribution in [2.24, 2.45) is 11.0 Å². The number of fused-ring (bicyclic) bond motifs is 1. The lowest BCUT2D eigenvalue weighted by atomic mass is 9.83. The van der Waals surface area contributed by atoms with Gasteiger partial charge in [-0.1, -0.05) is 24.3 Å². The van der Waals surface area contributed by atoms with Crippen LogP contribution in [0.4, 0.5) is 11.4 Å². The summed E-state index contributed by atoms with van der Waals surface area (Å²) < 4.78 is 0. The van der Waals surface area contributed by atoms with E-state index in [4.69, 9.17) is 5.10 Å². The van der Waals surface area contributed by atoms with Crippen LogP contribution in [-0.2, 0) is 0 Å². The average Bonchev–Trinajstić information content (AvgIpc) is 3.04. The fraction of sp³-hybridized carbons (Fsp3) is 0.400. The maximum Gasteiger partial charge on any atom is 0.0813 e. The van der Waals surface area contributed by atoms with Gasteiger partial charge in [0, 0.05) is 65.6 Å². The Kier molecular flexibility index (Phi) is 5.56. The second kappa shape index (κ2) is 8.15. The molecule has 2 aromatic carbocycles. The number of anilines is 2. The quantitative estimate of drug-likeness (QED) is 0.775. The molecule has 2 aliphatic rings. The maximum absolute atomic E-state index is 5.02. The molecule has 158 valence electrons. The highest BCUT2D eigenvalue weighted by molar-refractivity contribution is 6.07. The molecule has 0 radical (unpaired) electrons. The summed E-state index contributed by atoms with van der Waals surface area (Å²) in [6, 6.07) is 17.9. The second-order valence-corrected chi connectivity index (χ2v) is 8.95. The van der Waals surface area contributed by atoms with Crippen molar-refractivity contribution in [2.45, 2.75) is 6.04 Å². The van der Waals surface area contributed by atoms with Crippen molar-refractivity contribution in [1.82, 2.24) is 9.91 Å². The number of likely N-dealkylation sites (N-methyl/N-ethyl adjacent to an activating group) is 1. The van der Waals surface area contributed by atoms with E-state index in [1.165, 1.54) is 33.8 Å². The summed E-state index contributed by atoms with van der Waals surface area (Å²) in [6.45, 7) is 1.96. The van der Waals surface area contributed by atoms with E-state index >= 15 is 0 Å². The molecule has 0 N–H and O–H groups in total. The Hall–Kier alpha value is -2.79. The van der Waals surface area contributed by atoms with Gasteiger partial charge in [-0.15, -0.1) is 0 Å². The van der Waals surface area contributed by atoms with Crippen LogP contribution in [0, 0.1) is 5.92 Å². The molecule has 0 amide bonds. The van der Waals surface area contributed by atoms with Gasteiger partial charge < -0.3 is 14.7 Å². The van der Waals surface area contributed by atoms with Gasteiger partial charge >= 0.3 is 0 Å². The number of likely N-dealkylation sites (tertiary alicyclic amines) is 1.